The molecule has 3 atom stereocenters. The third-order valence-electron chi connectivity index (χ3n) is 3.10. The molecular weight excluding hydrogens is 258 g/mol. The van der Waals surface area contributed by atoms with E-state index in [1.807, 2.05) is 13.8 Å². The first-order valence-corrected chi connectivity index (χ1v) is 7.21. The van der Waals surface area contributed by atoms with Crippen molar-refractivity contribution in [3.05, 3.63) is 0 Å². The zero-order valence-corrected chi connectivity index (χ0v) is 13.1. The molecule has 0 bridgehead atoms. The van der Waals surface area contributed by atoms with E-state index in [0.29, 0.717) is 13.2 Å². The Hall–Kier alpha value is -1.14. The quantitative estimate of drug-likeness (QED) is 0.507. The SMILES string of the molecule is COCCNC(=O)C(C)NC(=O)C(C)CCCC(C)N. The van der Waals surface area contributed by atoms with Crippen molar-refractivity contribution in [2.75, 3.05) is 20.3 Å². The zero-order valence-electron chi connectivity index (χ0n) is 13.1. The van der Waals surface area contributed by atoms with Gasteiger partial charge in [0.1, 0.15) is 6.04 Å². The van der Waals surface area contributed by atoms with Crippen molar-refractivity contribution in [1.29, 1.82) is 0 Å². The van der Waals surface area contributed by atoms with E-state index >= 15 is 0 Å². The number of carbonyl (C=O) groups is 2. The van der Waals surface area contributed by atoms with E-state index in [2.05, 4.69) is 10.6 Å². The van der Waals surface area contributed by atoms with E-state index < -0.39 is 6.04 Å². The summed E-state index contributed by atoms with van der Waals surface area (Å²) in [4.78, 5) is 23.6. The number of nitrogens with one attached hydrogen (secondary N) is 2. The van der Waals surface area contributed by atoms with Gasteiger partial charge in [0.2, 0.25) is 11.8 Å². The largest absolute Gasteiger partial charge is 0.383 e. The van der Waals surface area contributed by atoms with E-state index in [1.54, 1.807) is 14.0 Å². The zero-order chi connectivity index (χ0) is 15.5. The number of hydrogen-bond acceptors (Lipinski definition) is 4. The van der Waals surface area contributed by atoms with Crippen molar-refractivity contribution in [1.82, 2.24) is 10.6 Å². The summed E-state index contributed by atoms with van der Waals surface area (Å²) >= 11 is 0. The van der Waals surface area contributed by atoms with E-state index in [9.17, 15) is 9.59 Å². The van der Waals surface area contributed by atoms with E-state index in [4.69, 9.17) is 10.5 Å². The van der Waals surface area contributed by atoms with Crippen molar-refractivity contribution < 1.29 is 14.3 Å². The highest BCUT2D eigenvalue weighted by Crippen LogP contribution is 2.09. The van der Waals surface area contributed by atoms with Crippen LogP contribution in [0.3, 0.4) is 0 Å². The Balaban J connectivity index is 3.95. The van der Waals surface area contributed by atoms with Gasteiger partial charge < -0.3 is 21.1 Å². The lowest BCUT2D eigenvalue weighted by molar-refractivity contribution is -0.130. The van der Waals surface area contributed by atoms with Crippen LogP contribution in [0.4, 0.5) is 0 Å². The molecule has 6 heteroatoms. The molecule has 20 heavy (non-hydrogen) atoms. The molecule has 0 aliphatic carbocycles. The Labute approximate surface area is 121 Å². The number of rotatable bonds is 10. The minimum absolute atomic E-state index is 0.0935. The molecule has 3 unspecified atom stereocenters. The normalized spacial score (nSPS) is 15.2. The molecule has 0 saturated carbocycles. The van der Waals surface area contributed by atoms with Crippen LogP contribution in [-0.4, -0.2) is 44.2 Å². The molecule has 0 spiro atoms. The fourth-order valence-electron chi connectivity index (χ4n) is 1.73. The number of carbonyl (C=O) groups excluding carboxylic acids is 2. The lowest BCUT2D eigenvalue weighted by Gasteiger charge is -2.17. The highest BCUT2D eigenvalue weighted by Gasteiger charge is 2.19. The van der Waals surface area contributed by atoms with Crippen molar-refractivity contribution >= 4 is 11.8 Å². The molecule has 0 heterocycles. The Morgan fingerprint density at radius 3 is 2.35 bits per heavy atom. The Morgan fingerprint density at radius 2 is 1.80 bits per heavy atom. The third kappa shape index (κ3) is 8.87. The summed E-state index contributed by atoms with van der Waals surface area (Å²) in [7, 11) is 1.57. The molecule has 0 aromatic heterocycles. The lowest BCUT2D eigenvalue weighted by Crippen LogP contribution is -2.47. The summed E-state index contributed by atoms with van der Waals surface area (Å²) in [5, 5.41) is 5.41. The summed E-state index contributed by atoms with van der Waals surface area (Å²) in [6.07, 6.45) is 2.61. The van der Waals surface area contributed by atoms with Gasteiger partial charge in [-0.15, -0.1) is 0 Å². The smallest absolute Gasteiger partial charge is 0.242 e. The first-order valence-electron chi connectivity index (χ1n) is 7.21. The van der Waals surface area contributed by atoms with Crippen LogP contribution in [0.5, 0.6) is 0 Å². The second kappa shape index (κ2) is 10.6. The fraction of sp³-hybridized carbons (Fsp3) is 0.857. The minimum atomic E-state index is -0.532. The van der Waals surface area contributed by atoms with E-state index in [-0.39, 0.29) is 23.8 Å². The molecule has 4 N–H and O–H groups in total. The molecule has 0 saturated heterocycles. The van der Waals surface area contributed by atoms with Crippen LogP contribution in [0.2, 0.25) is 0 Å². The Kier molecular flexibility index (Phi) is 10.0. The van der Waals surface area contributed by atoms with Crippen LogP contribution in [0, 0.1) is 5.92 Å². The predicted octanol–water partition coefficient (Wildman–Crippen LogP) is 0.407. The number of nitrogens with two attached hydrogens (primary N) is 1. The van der Waals surface area contributed by atoms with Crippen LogP contribution in [-0.2, 0) is 14.3 Å². The van der Waals surface area contributed by atoms with Gasteiger partial charge in [-0.2, -0.15) is 0 Å². The van der Waals surface area contributed by atoms with Gasteiger partial charge in [0.05, 0.1) is 6.61 Å². The monoisotopic (exact) mass is 287 g/mol. The number of ether oxygens (including phenoxy) is 1. The second-order valence-electron chi connectivity index (χ2n) is 5.32. The molecule has 0 rings (SSSR count). The first kappa shape index (κ1) is 18.9. The maximum atomic E-state index is 11.9. The van der Waals surface area contributed by atoms with Gasteiger partial charge >= 0.3 is 0 Å². The van der Waals surface area contributed by atoms with Crippen molar-refractivity contribution in [3.8, 4) is 0 Å². The molecule has 0 aromatic carbocycles. The predicted molar refractivity (Wildman–Crippen MR) is 79.2 cm³/mol. The maximum absolute atomic E-state index is 11.9. The molecule has 118 valence electrons. The topological polar surface area (TPSA) is 93.5 Å². The summed E-state index contributed by atoms with van der Waals surface area (Å²) < 4.78 is 4.84. The van der Waals surface area contributed by atoms with E-state index in [1.165, 1.54) is 0 Å². The van der Waals surface area contributed by atoms with E-state index in [0.717, 1.165) is 19.3 Å². The summed E-state index contributed by atoms with van der Waals surface area (Å²) in [5.74, 6) is -0.398. The van der Waals surface area contributed by atoms with Crippen LogP contribution >= 0.6 is 0 Å². The lowest BCUT2D eigenvalue weighted by atomic mass is 10.0. The number of methoxy groups -OCH3 is 1. The summed E-state index contributed by atoms with van der Waals surface area (Å²) in [5.41, 5.74) is 5.67. The number of hydrogen-bond donors (Lipinski definition) is 3. The van der Waals surface area contributed by atoms with Crippen molar-refractivity contribution in [2.24, 2.45) is 11.7 Å². The Bertz CT molecular complexity index is 295. The summed E-state index contributed by atoms with van der Waals surface area (Å²) in [6.45, 7) is 6.40. The third-order valence-corrected chi connectivity index (χ3v) is 3.10. The first-order chi connectivity index (χ1) is 9.38. The maximum Gasteiger partial charge on any atom is 0.242 e. The van der Waals surface area contributed by atoms with Gasteiger partial charge in [-0.1, -0.05) is 13.3 Å². The average molecular weight is 287 g/mol. The number of amides is 2. The minimum Gasteiger partial charge on any atom is -0.383 e. The van der Waals surface area contributed by atoms with Gasteiger partial charge in [-0.3, -0.25) is 9.59 Å². The van der Waals surface area contributed by atoms with Crippen LogP contribution in [0.25, 0.3) is 0 Å². The van der Waals surface area contributed by atoms with Crippen molar-refractivity contribution in [3.63, 3.8) is 0 Å². The van der Waals surface area contributed by atoms with Gasteiger partial charge in [0.15, 0.2) is 0 Å². The molecule has 0 radical (unpaired) electrons. The van der Waals surface area contributed by atoms with Crippen LogP contribution < -0.4 is 16.4 Å². The second-order valence-corrected chi connectivity index (χ2v) is 5.32. The van der Waals surface area contributed by atoms with Crippen LogP contribution in [0.1, 0.15) is 40.0 Å². The van der Waals surface area contributed by atoms with Crippen molar-refractivity contribution in [2.45, 2.75) is 52.1 Å². The summed E-state index contributed by atoms with van der Waals surface area (Å²) in [6, 6.07) is -0.369. The average Bonchev–Trinajstić information content (AvgIpc) is 2.38. The van der Waals surface area contributed by atoms with Crippen LogP contribution in [0.15, 0.2) is 0 Å². The molecule has 0 fully saturated rings. The molecule has 2 amide bonds. The molecule has 6 nitrogen and oxygen atoms in total. The molecule has 0 aliphatic rings. The molecule has 0 aliphatic heterocycles. The van der Waals surface area contributed by atoms with Gasteiger partial charge in [-0.05, 0) is 26.7 Å². The molecular formula is C14H29N3O3. The Morgan fingerprint density at radius 1 is 1.15 bits per heavy atom. The highest BCUT2D eigenvalue weighted by molar-refractivity contribution is 5.87. The molecule has 0 aromatic rings. The fourth-order valence-corrected chi connectivity index (χ4v) is 1.73. The van der Waals surface area contributed by atoms with Gasteiger partial charge in [0.25, 0.3) is 0 Å². The van der Waals surface area contributed by atoms with Gasteiger partial charge in [0, 0.05) is 25.6 Å². The van der Waals surface area contributed by atoms with Gasteiger partial charge in [-0.25, -0.2) is 0 Å². The highest BCUT2D eigenvalue weighted by atomic mass is 16.5. The standard InChI is InChI=1S/C14H29N3O3/c1-10(6-5-7-11(2)15)13(18)17-12(3)14(19)16-8-9-20-4/h10-12H,5-9,15H2,1-4H3,(H,16,19)(H,17,18).